The summed E-state index contributed by atoms with van der Waals surface area (Å²) >= 11 is 0. The van der Waals surface area contributed by atoms with Crippen LogP contribution in [0.25, 0.3) is 11.6 Å². The molecule has 5 heteroatoms. The predicted octanol–water partition coefficient (Wildman–Crippen LogP) is 3.82. The fraction of sp³-hybridized carbons (Fsp3) is 0.333. The van der Waals surface area contributed by atoms with Crippen molar-refractivity contribution in [2.45, 2.75) is 12.8 Å². The Morgan fingerprint density at radius 3 is 1.96 bits per heavy atom. The van der Waals surface area contributed by atoms with Crippen molar-refractivity contribution < 1.29 is 24.1 Å². The SMILES string of the molecule is CO.COc1ccc(C2=Cc3c(cc(OC)c(OC)c3OC)CC2)cc1. The van der Waals surface area contributed by atoms with Gasteiger partial charge in [0.1, 0.15) is 5.75 Å². The number of rotatable bonds is 5. The molecule has 1 N–H and O–H groups in total. The first-order chi connectivity index (χ1) is 12.7. The topological polar surface area (TPSA) is 57.2 Å². The lowest BCUT2D eigenvalue weighted by Gasteiger charge is -2.22. The number of benzene rings is 2. The van der Waals surface area contributed by atoms with Gasteiger partial charge in [-0.25, -0.2) is 0 Å². The standard InChI is InChI=1S/C20H22O4.CH4O/c1-21-16-9-7-13(8-10-16)14-5-6-15-12-18(22-2)20(24-4)19(23-3)17(15)11-14;1-2/h7-12H,5-6H2,1-4H3;2H,1H3. The summed E-state index contributed by atoms with van der Waals surface area (Å²) in [5, 5.41) is 7.00. The zero-order chi connectivity index (χ0) is 19.1. The molecule has 1 aliphatic carbocycles. The highest BCUT2D eigenvalue weighted by molar-refractivity contribution is 5.88. The third-order valence-electron chi connectivity index (χ3n) is 4.40. The molecule has 0 aromatic heterocycles. The van der Waals surface area contributed by atoms with Crippen LogP contribution in [-0.2, 0) is 6.42 Å². The summed E-state index contributed by atoms with van der Waals surface area (Å²) in [5.41, 5.74) is 4.74. The molecule has 0 heterocycles. The van der Waals surface area contributed by atoms with Crippen LogP contribution in [0.1, 0.15) is 23.1 Å². The maximum absolute atomic E-state index is 7.00. The number of aliphatic hydroxyl groups is 1. The fourth-order valence-electron chi connectivity index (χ4n) is 3.14. The fourth-order valence-corrected chi connectivity index (χ4v) is 3.14. The molecular weight excluding hydrogens is 332 g/mol. The Kier molecular flexibility index (Phi) is 6.92. The summed E-state index contributed by atoms with van der Waals surface area (Å²) in [6, 6.07) is 10.2. The zero-order valence-corrected chi connectivity index (χ0v) is 16.0. The van der Waals surface area contributed by atoms with Crippen molar-refractivity contribution >= 4 is 11.6 Å². The molecule has 1 aliphatic rings. The largest absolute Gasteiger partial charge is 0.497 e. The van der Waals surface area contributed by atoms with Crippen molar-refractivity contribution in [3.8, 4) is 23.0 Å². The van der Waals surface area contributed by atoms with E-state index < -0.39 is 0 Å². The number of hydrogen-bond donors (Lipinski definition) is 1. The first-order valence-electron chi connectivity index (χ1n) is 8.33. The minimum absolute atomic E-state index is 0.631. The smallest absolute Gasteiger partial charge is 0.203 e. The molecule has 140 valence electrons. The van der Waals surface area contributed by atoms with Crippen molar-refractivity contribution in [3.05, 3.63) is 47.0 Å². The number of methoxy groups -OCH3 is 4. The molecule has 0 saturated heterocycles. The van der Waals surface area contributed by atoms with Crippen LogP contribution in [0.3, 0.4) is 0 Å². The summed E-state index contributed by atoms with van der Waals surface area (Å²) < 4.78 is 21.8. The van der Waals surface area contributed by atoms with E-state index in [0.29, 0.717) is 11.5 Å². The molecule has 0 atom stereocenters. The molecule has 0 saturated carbocycles. The van der Waals surface area contributed by atoms with E-state index >= 15 is 0 Å². The molecule has 0 bridgehead atoms. The van der Waals surface area contributed by atoms with Gasteiger partial charge in [-0.2, -0.15) is 0 Å². The van der Waals surface area contributed by atoms with Crippen molar-refractivity contribution in [2.24, 2.45) is 0 Å². The van der Waals surface area contributed by atoms with Crippen LogP contribution >= 0.6 is 0 Å². The Labute approximate surface area is 154 Å². The first kappa shape index (κ1) is 19.7. The molecule has 2 aromatic carbocycles. The average molecular weight is 358 g/mol. The predicted molar refractivity (Wildman–Crippen MR) is 103 cm³/mol. The summed E-state index contributed by atoms with van der Waals surface area (Å²) in [6.07, 6.45) is 4.09. The summed E-state index contributed by atoms with van der Waals surface area (Å²) in [4.78, 5) is 0. The second kappa shape index (κ2) is 9.15. The summed E-state index contributed by atoms with van der Waals surface area (Å²) in [5.74, 6) is 2.91. The highest BCUT2D eigenvalue weighted by Gasteiger charge is 2.22. The van der Waals surface area contributed by atoms with Crippen molar-refractivity contribution in [1.29, 1.82) is 0 Å². The maximum atomic E-state index is 7.00. The van der Waals surface area contributed by atoms with Gasteiger partial charge in [-0.15, -0.1) is 0 Å². The molecule has 3 rings (SSSR count). The van der Waals surface area contributed by atoms with Gasteiger partial charge in [0.25, 0.3) is 0 Å². The number of hydrogen-bond acceptors (Lipinski definition) is 5. The molecule has 5 nitrogen and oxygen atoms in total. The third-order valence-corrected chi connectivity index (χ3v) is 4.40. The number of ether oxygens (including phenoxy) is 4. The van der Waals surface area contributed by atoms with Gasteiger partial charge < -0.3 is 24.1 Å². The van der Waals surface area contributed by atoms with Crippen molar-refractivity contribution in [3.63, 3.8) is 0 Å². The first-order valence-corrected chi connectivity index (χ1v) is 8.33. The molecular formula is C21H26O5. The Morgan fingerprint density at radius 2 is 1.42 bits per heavy atom. The summed E-state index contributed by atoms with van der Waals surface area (Å²) in [7, 11) is 7.61. The minimum Gasteiger partial charge on any atom is -0.497 e. The van der Waals surface area contributed by atoms with Crippen LogP contribution in [0.15, 0.2) is 30.3 Å². The van der Waals surface area contributed by atoms with Crippen LogP contribution < -0.4 is 18.9 Å². The van der Waals surface area contributed by atoms with Gasteiger partial charge in [-0.3, -0.25) is 0 Å². The van der Waals surface area contributed by atoms with Crippen LogP contribution in [0.2, 0.25) is 0 Å². The maximum Gasteiger partial charge on any atom is 0.203 e. The monoisotopic (exact) mass is 358 g/mol. The van der Waals surface area contributed by atoms with E-state index in [-0.39, 0.29) is 0 Å². The molecule has 0 fully saturated rings. The van der Waals surface area contributed by atoms with Crippen LogP contribution in [0.5, 0.6) is 23.0 Å². The van der Waals surface area contributed by atoms with Gasteiger partial charge in [0.2, 0.25) is 5.75 Å². The molecule has 2 aromatic rings. The van der Waals surface area contributed by atoms with Crippen LogP contribution in [0, 0.1) is 0 Å². The van der Waals surface area contributed by atoms with E-state index in [0.717, 1.165) is 37.0 Å². The van der Waals surface area contributed by atoms with Crippen molar-refractivity contribution in [1.82, 2.24) is 0 Å². The second-order valence-electron chi connectivity index (χ2n) is 5.62. The molecule has 0 radical (unpaired) electrons. The normalized spacial score (nSPS) is 12.2. The van der Waals surface area contributed by atoms with Gasteiger partial charge >= 0.3 is 0 Å². The number of aliphatic hydroxyl groups excluding tert-OH is 1. The minimum atomic E-state index is 0.631. The van der Waals surface area contributed by atoms with E-state index in [4.69, 9.17) is 24.1 Å². The van der Waals surface area contributed by atoms with Gasteiger partial charge in [-0.05, 0) is 53.8 Å². The Hall–Kier alpha value is -2.66. The number of aryl methyl sites for hydroxylation is 1. The van der Waals surface area contributed by atoms with E-state index in [2.05, 4.69) is 18.2 Å². The highest BCUT2D eigenvalue weighted by Crippen LogP contribution is 2.46. The number of allylic oxidation sites excluding steroid dienone is 1. The summed E-state index contributed by atoms with van der Waals surface area (Å²) in [6.45, 7) is 0. The zero-order valence-electron chi connectivity index (χ0n) is 16.0. The van der Waals surface area contributed by atoms with Gasteiger partial charge in [0.15, 0.2) is 11.5 Å². The lowest BCUT2D eigenvalue weighted by atomic mass is 9.87. The highest BCUT2D eigenvalue weighted by atomic mass is 16.5. The van der Waals surface area contributed by atoms with Crippen LogP contribution in [-0.4, -0.2) is 40.7 Å². The number of fused-ring (bicyclic) bond motifs is 1. The molecule has 0 amide bonds. The van der Waals surface area contributed by atoms with Crippen molar-refractivity contribution in [2.75, 3.05) is 35.5 Å². The molecule has 0 unspecified atom stereocenters. The third kappa shape index (κ3) is 3.78. The molecule has 0 spiro atoms. The van der Waals surface area contributed by atoms with Crippen LogP contribution in [0.4, 0.5) is 0 Å². The van der Waals surface area contributed by atoms with Gasteiger partial charge in [0.05, 0.1) is 28.4 Å². The Balaban J connectivity index is 0.00000117. The van der Waals surface area contributed by atoms with E-state index in [1.165, 1.54) is 16.7 Å². The average Bonchev–Trinajstić information content (AvgIpc) is 2.73. The Bertz CT molecular complexity index is 763. The Morgan fingerprint density at radius 1 is 0.769 bits per heavy atom. The lowest BCUT2D eigenvalue weighted by Crippen LogP contribution is -2.05. The van der Waals surface area contributed by atoms with E-state index in [1.54, 1.807) is 28.4 Å². The van der Waals surface area contributed by atoms with E-state index in [9.17, 15) is 0 Å². The van der Waals surface area contributed by atoms with Gasteiger partial charge in [0, 0.05) is 12.7 Å². The van der Waals surface area contributed by atoms with E-state index in [1.807, 2.05) is 18.2 Å². The van der Waals surface area contributed by atoms with Gasteiger partial charge in [-0.1, -0.05) is 12.1 Å². The quantitative estimate of drug-likeness (QED) is 0.881. The molecule has 26 heavy (non-hydrogen) atoms. The second-order valence-corrected chi connectivity index (χ2v) is 5.62. The molecule has 0 aliphatic heterocycles. The lowest BCUT2D eigenvalue weighted by molar-refractivity contribution is 0.323.